The van der Waals surface area contributed by atoms with Crippen molar-refractivity contribution in [2.75, 3.05) is 16.3 Å². The molecule has 2 N–H and O–H groups in total. The van der Waals surface area contributed by atoms with Gasteiger partial charge >= 0.3 is 0 Å². The molecule has 1 aromatic heterocycles. The Bertz CT molecular complexity index is 684. The number of halogens is 1. The number of anilines is 2. The first kappa shape index (κ1) is 14.8. The van der Waals surface area contributed by atoms with Gasteiger partial charge in [0.1, 0.15) is 5.82 Å². The molecule has 0 aliphatic rings. The van der Waals surface area contributed by atoms with E-state index in [-0.39, 0.29) is 11.7 Å². The van der Waals surface area contributed by atoms with E-state index in [1.165, 1.54) is 12.1 Å². The Balaban J connectivity index is 2.19. The lowest BCUT2D eigenvalue weighted by Gasteiger charge is -2.15. The number of sulfonamides is 1. The lowest BCUT2D eigenvalue weighted by molar-refractivity contribution is 0.604. The van der Waals surface area contributed by atoms with Crippen molar-refractivity contribution in [3.63, 3.8) is 0 Å². The summed E-state index contributed by atoms with van der Waals surface area (Å²) in [6.07, 6.45) is 0.987. The van der Waals surface area contributed by atoms with Crippen LogP contribution in [0.4, 0.5) is 15.8 Å². The molecular weight excluding hydrogens is 299 g/mol. The fraction of sp³-hybridized carbons (Fsp3) is 0.231. The maximum absolute atomic E-state index is 13.6. The molecule has 108 valence electrons. The van der Waals surface area contributed by atoms with Gasteiger partial charge < -0.3 is 5.32 Å². The zero-order valence-electron chi connectivity index (χ0n) is 11.1. The van der Waals surface area contributed by atoms with Gasteiger partial charge in [0.25, 0.3) is 0 Å². The molecule has 1 atom stereocenters. The van der Waals surface area contributed by atoms with Crippen molar-refractivity contribution < 1.29 is 12.8 Å². The molecule has 0 radical (unpaired) electrons. The summed E-state index contributed by atoms with van der Waals surface area (Å²) in [5.74, 6) is -0.607. The van der Waals surface area contributed by atoms with E-state index in [4.69, 9.17) is 0 Å². The third-order valence-corrected chi connectivity index (χ3v) is 3.98. The molecule has 0 saturated heterocycles. The molecule has 0 fully saturated rings. The number of benzene rings is 1. The summed E-state index contributed by atoms with van der Waals surface area (Å²) in [7, 11) is -3.50. The van der Waals surface area contributed by atoms with Gasteiger partial charge in [-0.05, 0) is 47.5 Å². The van der Waals surface area contributed by atoms with Crippen LogP contribution in [0.1, 0.15) is 18.5 Å². The third-order valence-electron chi connectivity index (χ3n) is 2.69. The van der Waals surface area contributed by atoms with Gasteiger partial charge in [0.15, 0.2) is 0 Å². The van der Waals surface area contributed by atoms with Gasteiger partial charge in [0, 0.05) is 11.7 Å². The first-order chi connectivity index (χ1) is 9.35. The quantitative estimate of drug-likeness (QED) is 0.889. The number of thiophene rings is 1. The highest BCUT2D eigenvalue weighted by Crippen LogP contribution is 2.25. The van der Waals surface area contributed by atoms with Gasteiger partial charge in [-0.15, -0.1) is 0 Å². The minimum atomic E-state index is -3.50. The summed E-state index contributed by atoms with van der Waals surface area (Å²) in [4.78, 5) is 0. The second-order valence-corrected chi connectivity index (χ2v) is 7.02. The Labute approximate surface area is 121 Å². The number of rotatable bonds is 5. The van der Waals surface area contributed by atoms with Crippen LogP contribution in [0, 0.1) is 5.82 Å². The number of hydrogen-bond acceptors (Lipinski definition) is 4. The summed E-state index contributed by atoms with van der Waals surface area (Å²) in [5.41, 5.74) is 1.71. The summed E-state index contributed by atoms with van der Waals surface area (Å²) in [6, 6.07) is 6.31. The van der Waals surface area contributed by atoms with Crippen molar-refractivity contribution in [3.8, 4) is 0 Å². The van der Waals surface area contributed by atoms with E-state index in [2.05, 4.69) is 10.0 Å². The maximum Gasteiger partial charge on any atom is 0.229 e. The monoisotopic (exact) mass is 314 g/mol. The summed E-state index contributed by atoms with van der Waals surface area (Å²) in [5, 5.41) is 7.21. The van der Waals surface area contributed by atoms with Crippen molar-refractivity contribution in [3.05, 3.63) is 46.4 Å². The summed E-state index contributed by atoms with van der Waals surface area (Å²) < 4.78 is 38.1. The van der Waals surface area contributed by atoms with E-state index in [1.807, 2.05) is 23.8 Å². The predicted octanol–water partition coefficient (Wildman–Crippen LogP) is 3.43. The van der Waals surface area contributed by atoms with Crippen LogP contribution >= 0.6 is 11.3 Å². The van der Waals surface area contributed by atoms with Crippen LogP contribution in [0.3, 0.4) is 0 Å². The molecule has 1 heterocycles. The molecule has 1 unspecified atom stereocenters. The van der Waals surface area contributed by atoms with E-state index in [1.54, 1.807) is 17.4 Å². The Morgan fingerprint density at radius 2 is 2.05 bits per heavy atom. The van der Waals surface area contributed by atoms with Gasteiger partial charge in [-0.1, -0.05) is 0 Å². The van der Waals surface area contributed by atoms with Gasteiger partial charge in [0.2, 0.25) is 10.0 Å². The molecule has 2 rings (SSSR count). The first-order valence-corrected chi connectivity index (χ1v) is 8.74. The van der Waals surface area contributed by atoms with E-state index in [0.717, 1.165) is 11.8 Å². The van der Waals surface area contributed by atoms with Crippen molar-refractivity contribution >= 4 is 32.7 Å². The van der Waals surface area contributed by atoms with Crippen LogP contribution < -0.4 is 10.0 Å². The molecule has 0 spiro atoms. The zero-order valence-corrected chi connectivity index (χ0v) is 12.7. The molecule has 7 heteroatoms. The number of nitrogens with one attached hydrogen (secondary N) is 2. The van der Waals surface area contributed by atoms with E-state index in [0.29, 0.717) is 5.69 Å². The normalized spacial score (nSPS) is 12.9. The second kappa shape index (κ2) is 5.80. The fourth-order valence-corrected chi connectivity index (χ4v) is 3.06. The smallest absolute Gasteiger partial charge is 0.229 e. The molecule has 0 aliphatic heterocycles. The zero-order chi connectivity index (χ0) is 14.8. The van der Waals surface area contributed by atoms with Crippen LogP contribution in [-0.2, 0) is 10.0 Å². The fourth-order valence-electron chi connectivity index (χ4n) is 1.75. The first-order valence-electron chi connectivity index (χ1n) is 5.91. The van der Waals surface area contributed by atoms with Crippen LogP contribution in [0.2, 0.25) is 0 Å². The van der Waals surface area contributed by atoms with Crippen LogP contribution in [0.25, 0.3) is 0 Å². The highest BCUT2D eigenvalue weighted by Gasteiger charge is 2.10. The van der Waals surface area contributed by atoms with Gasteiger partial charge in [-0.2, -0.15) is 11.3 Å². The molecule has 1 aromatic carbocycles. The highest BCUT2D eigenvalue weighted by atomic mass is 32.2. The van der Waals surface area contributed by atoms with E-state index in [9.17, 15) is 12.8 Å². The molecule has 4 nitrogen and oxygen atoms in total. The standard InChI is InChI=1S/C13H15FN2O2S2/c1-9(10-5-6-19-8-10)15-11-3-4-12(14)13(7-11)16-20(2,17)18/h3-9,15-16H,1-2H3. The average Bonchev–Trinajstić information content (AvgIpc) is 2.85. The van der Waals surface area contributed by atoms with Gasteiger partial charge in [-0.25, -0.2) is 12.8 Å². The number of hydrogen-bond donors (Lipinski definition) is 2. The maximum atomic E-state index is 13.6. The van der Waals surface area contributed by atoms with Crippen LogP contribution in [0.5, 0.6) is 0 Å². The largest absolute Gasteiger partial charge is 0.378 e. The Morgan fingerprint density at radius 1 is 1.30 bits per heavy atom. The summed E-state index contributed by atoms with van der Waals surface area (Å²) in [6.45, 7) is 1.98. The molecule has 0 bridgehead atoms. The average molecular weight is 314 g/mol. The van der Waals surface area contributed by atoms with Crippen molar-refractivity contribution in [1.82, 2.24) is 0 Å². The minimum absolute atomic E-state index is 0.0535. The molecule has 2 aromatic rings. The Morgan fingerprint density at radius 3 is 2.65 bits per heavy atom. The van der Waals surface area contributed by atoms with E-state index < -0.39 is 15.8 Å². The lowest BCUT2D eigenvalue weighted by atomic mass is 10.1. The van der Waals surface area contributed by atoms with E-state index >= 15 is 0 Å². The van der Waals surface area contributed by atoms with Crippen molar-refractivity contribution in [1.29, 1.82) is 0 Å². The van der Waals surface area contributed by atoms with Crippen molar-refractivity contribution in [2.45, 2.75) is 13.0 Å². The molecule has 0 aliphatic carbocycles. The molecular formula is C13H15FN2O2S2. The van der Waals surface area contributed by atoms with Gasteiger partial charge in [0.05, 0.1) is 11.9 Å². The Hall–Kier alpha value is -1.60. The van der Waals surface area contributed by atoms with Crippen molar-refractivity contribution in [2.24, 2.45) is 0 Å². The molecule has 0 amide bonds. The molecule has 0 saturated carbocycles. The topological polar surface area (TPSA) is 58.2 Å². The Kier molecular flexibility index (Phi) is 4.29. The highest BCUT2D eigenvalue weighted by molar-refractivity contribution is 7.92. The molecule has 20 heavy (non-hydrogen) atoms. The van der Waals surface area contributed by atoms with Crippen LogP contribution in [0.15, 0.2) is 35.0 Å². The minimum Gasteiger partial charge on any atom is -0.378 e. The third kappa shape index (κ3) is 3.94. The lowest BCUT2D eigenvalue weighted by Crippen LogP contribution is -2.12. The van der Waals surface area contributed by atoms with Crippen LogP contribution in [-0.4, -0.2) is 14.7 Å². The SMILES string of the molecule is CC(Nc1ccc(F)c(NS(C)(=O)=O)c1)c1ccsc1. The predicted molar refractivity (Wildman–Crippen MR) is 81.2 cm³/mol. The second-order valence-electron chi connectivity index (χ2n) is 4.49. The summed E-state index contributed by atoms with van der Waals surface area (Å²) >= 11 is 1.60. The van der Waals surface area contributed by atoms with Gasteiger partial charge in [-0.3, -0.25) is 4.72 Å².